The Bertz CT molecular complexity index is 1000. The van der Waals surface area contributed by atoms with Gasteiger partial charge in [-0.2, -0.15) is 0 Å². The van der Waals surface area contributed by atoms with Crippen molar-refractivity contribution in [2.45, 2.75) is 46.3 Å². The van der Waals surface area contributed by atoms with Gasteiger partial charge in [0.2, 0.25) is 10.0 Å². The number of anilines is 1. The van der Waals surface area contributed by atoms with Crippen LogP contribution in [0.25, 0.3) is 0 Å². The Hall–Kier alpha value is -2.54. The van der Waals surface area contributed by atoms with Gasteiger partial charge in [0.05, 0.1) is 24.0 Å². The number of benzene rings is 2. The first-order chi connectivity index (χ1) is 13.8. The summed E-state index contributed by atoms with van der Waals surface area (Å²) in [5, 5.41) is 3.05. The lowest BCUT2D eigenvalue weighted by atomic mass is 9.97. The summed E-state index contributed by atoms with van der Waals surface area (Å²) in [4.78, 5) is 13.0. The molecule has 1 N–H and O–H groups in total. The first kappa shape index (κ1) is 21.2. The topological polar surface area (TPSA) is 75.7 Å². The Kier molecular flexibility index (Phi) is 6.17. The Morgan fingerprint density at radius 3 is 2.59 bits per heavy atom. The van der Waals surface area contributed by atoms with Gasteiger partial charge in [0, 0.05) is 0 Å². The SMILES string of the molecule is CCC(NC(=O)C1CN(S(=O)(=O)CC)c2ccccc2O1)c1ccc(C)cc1C. The summed E-state index contributed by atoms with van der Waals surface area (Å²) >= 11 is 0. The number of amides is 1. The van der Waals surface area contributed by atoms with Crippen LogP contribution in [0, 0.1) is 13.8 Å². The molecule has 0 radical (unpaired) electrons. The molecule has 0 saturated heterocycles. The third-order valence-corrected chi connectivity index (χ3v) is 7.00. The average Bonchev–Trinajstić information content (AvgIpc) is 2.71. The van der Waals surface area contributed by atoms with Crippen molar-refractivity contribution >= 4 is 21.6 Å². The van der Waals surface area contributed by atoms with Crippen molar-refractivity contribution in [2.75, 3.05) is 16.6 Å². The molecule has 1 aliphatic heterocycles. The second kappa shape index (κ2) is 8.45. The van der Waals surface area contributed by atoms with Crippen molar-refractivity contribution in [1.29, 1.82) is 0 Å². The minimum absolute atomic E-state index is 0.0394. The summed E-state index contributed by atoms with van der Waals surface area (Å²) in [6.45, 7) is 7.62. The Morgan fingerprint density at radius 1 is 1.21 bits per heavy atom. The van der Waals surface area contributed by atoms with Gasteiger partial charge >= 0.3 is 0 Å². The molecule has 0 spiro atoms. The van der Waals surface area contributed by atoms with Gasteiger partial charge in [0.15, 0.2) is 6.10 Å². The second-order valence-electron chi connectivity index (χ2n) is 7.34. The fraction of sp³-hybridized carbons (Fsp3) is 0.409. The van der Waals surface area contributed by atoms with E-state index in [1.165, 1.54) is 9.87 Å². The molecule has 0 aliphatic carbocycles. The number of carbonyl (C=O) groups is 1. The van der Waals surface area contributed by atoms with Crippen molar-refractivity contribution in [2.24, 2.45) is 0 Å². The highest BCUT2D eigenvalue weighted by atomic mass is 32.2. The Balaban J connectivity index is 1.85. The number of rotatable bonds is 6. The molecule has 0 fully saturated rings. The van der Waals surface area contributed by atoms with Gasteiger partial charge in [-0.1, -0.05) is 42.8 Å². The first-order valence-corrected chi connectivity index (χ1v) is 11.5. The molecule has 6 nitrogen and oxygen atoms in total. The zero-order valence-electron chi connectivity index (χ0n) is 17.3. The van der Waals surface area contributed by atoms with Crippen molar-refractivity contribution in [1.82, 2.24) is 5.32 Å². The summed E-state index contributed by atoms with van der Waals surface area (Å²) in [6.07, 6.45) is -0.193. The predicted octanol–water partition coefficient (Wildman–Crippen LogP) is 3.49. The molecule has 1 heterocycles. The van der Waals surface area contributed by atoms with E-state index in [-0.39, 0.29) is 24.2 Å². The van der Waals surface area contributed by atoms with Gasteiger partial charge in [-0.15, -0.1) is 0 Å². The van der Waals surface area contributed by atoms with Crippen LogP contribution < -0.4 is 14.4 Å². The molecule has 0 saturated carbocycles. The largest absolute Gasteiger partial charge is 0.476 e. The molecule has 7 heteroatoms. The van der Waals surface area contributed by atoms with E-state index < -0.39 is 16.1 Å². The molecule has 1 aliphatic rings. The number of aryl methyl sites for hydroxylation is 2. The maximum absolute atomic E-state index is 13.0. The lowest BCUT2D eigenvalue weighted by Crippen LogP contribution is -2.51. The van der Waals surface area contributed by atoms with Gasteiger partial charge in [0.25, 0.3) is 5.91 Å². The molecule has 156 valence electrons. The molecule has 29 heavy (non-hydrogen) atoms. The lowest BCUT2D eigenvalue weighted by molar-refractivity contribution is -0.128. The smallest absolute Gasteiger partial charge is 0.263 e. The van der Waals surface area contributed by atoms with Crippen LogP contribution in [0.2, 0.25) is 0 Å². The van der Waals surface area contributed by atoms with E-state index in [9.17, 15) is 13.2 Å². The van der Waals surface area contributed by atoms with Crippen LogP contribution in [0.15, 0.2) is 42.5 Å². The monoisotopic (exact) mass is 416 g/mol. The van der Waals surface area contributed by atoms with Gasteiger partial charge in [-0.3, -0.25) is 9.10 Å². The summed E-state index contributed by atoms with van der Waals surface area (Å²) < 4.78 is 32.4. The van der Waals surface area contributed by atoms with Crippen molar-refractivity contribution in [3.63, 3.8) is 0 Å². The fourth-order valence-corrected chi connectivity index (χ4v) is 4.76. The molecule has 1 amide bonds. The van der Waals surface area contributed by atoms with Crippen molar-refractivity contribution in [3.8, 4) is 5.75 Å². The summed E-state index contributed by atoms with van der Waals surface area (Å²) in [5.41, 5.74) is 3.81. The molecular weight excluding hydrogens is 388 g/mol. The molecule has 2 atom stereocenters. The minimum Gasteiger partial charge on any atom is -0.476 e. The van der Waals surface area contributed by atoms with E-state index in [0.29, 0.717) is 11.4 Å². The van der Waals surface area contributed by atoms with Crippen LogP contribution in [0.1, 0.15) is 43.0 Å². The van der Waals surface area contributed by atoms with Crippen molar-refractivity contribution in [3.05, 3.63) is 59.2 Å². The minimum atomic E-state index is -3.53. The number of sulfonamides is 1. The van der Waals surface area contributed by atoms with Crippen LogP contribution >= 0.6 is 0 Å². The van der Waals surface area contributed by atoms with E-state index >= 15 is 0 Å². The second-order valence-corrected chi connectivity index (χ2v) is 9.52. The third-order valence-electron chi connectivity index (χ3n) is 5.25. The average molecular weight is 417 g/mol. The van der Waals surface area contributed by atoms with E-state index in [2.05, 4.69) is 11.4 Å². The normalized spacial score (nSPS) is 17.2. The highest BCUT2D eigenvalue weighted by Crippen LogP contribution is 2.35. The number of carbonyl (C=O) groups excluding carboxylic acids is 1. The van der Waals surface area contributed by atoms with Gasteiger partial charge in [-0.25, -0.2) is 8.42 Å². The molecule has 2 aromatic carbocycles. The van der Waals surface area contributed by atoms with Crippen LogP contribution in [0.3, 0.4) is 0 Å². The van der Waals surface area contributed by atoms with Gasteiger partial charge in [0.1, 0.15) is 5.75 Å². The summed E-state index contributed by atoms with van der Waals surface area (Å²) in [6, 6.07) is 12.9. The van der Waals surface area contributed by atoms with Crippen LogP contribution in [-0.2, 0) is 14.8 Å². The summed E-state index contributed by atoms with van der Waals surface area (Å²) in [5.74, 6) is 0.0358. The lowest BCUT2D eigenvalue weighted by Gasteiger charge is -2.35. The van der Waals surface area contributed by atoms with E-state index in [4.69, 9.17) is 4.74 Å². The Labute approximate surface area is 172 Å². The number of ether oxygens (including phenoxy) is 1. The number of nitrogens with one attached hydrogen (secondary N) is 1. The molecular formula is C22H28N2O4S. The van der Waals surface area contributed by atoms with Crippen molar-refractivity contribution < 1.29 is 17.9 Å². The number of hydrogen-bond acceptors (Lipinski definition) is 4. The number of hydrogen-bond donors (Lipinski definition) is 1. The number of fused-ring (bicyclic) bond motifs is 1. The zero-order valence-corrected chi connectivity index (χ0v) is 18.1. The van der Waals surface area contributed by atoms with E-state index in [0.717, 1.165) is 17.5 Å². The Morgan fingerprint density at radius 2 is 1.93 bits per heavy atom. The maximum Gasteiger partial charge on any atom is 0.263 e. The molecule has 0 bridgehead atoms. The highest BCUT2D eigenvalue weighted by Gasteiger charge is 2.36. The van der Waals surface area contributed by atoms with Gasteiger partial charge < -0.3 is 10.1 Å². The third kappa shape index (κ3) is 4.40. The van der Waals surface area contributed by atoms with E-state index in [1.807, 2.05) is 32.9 Å². The first-order valence-electron chi connectivity index (χ1n) is 9.90. The van der Waals surface area contributed by atoms with Crippen LogP contribution in [0.4, 0.5) is 5.69 Å². The standard InChI is InChI=1S/C22H28N2O4S/c1-5-18(17-12-11-15(3)13-16(17)4)23-22(25)21-14-24(29(26,27)6-2)19-9-7-8-10-20(19)28-21/h7-13,18,21H,5-6,14H2,1-4H3,(H,23,25). The zero-order chi connectivity index (χ0) is 21.2. The number of para-hydroxylation sites is 2. The predicted molar refractivity (Wildman–Crippen MR) is 115 cm³/mol. The molecule has 2 aromatic rings. The molecule has 0 aromatic heterocycles. The van der Waals surface area contributed by atoms with Crippen LogP contribution in [0.5, 0.6) is 5.75 Å². The number of nitrogens with zero attached hydrogens (tertiary/aromatic N) is 1. The fourth-order valence-electron chi connectivity index (χ4n) is 3.64. The van der Waals surface area contributed by atoms with Gasteiger partial charge in [-0.05, 0) is 50.5 Å². The van der Waals surface area contributed by atoms with E-state index in [1.54, 1.807) is 31.2 Å². The highest BCUT2D eigenvalue weighted by molar-refractivity contribution is 7.92. The molecule has 2 unspecified atom stereocenters. The quantitative estimate of drug-likeness (QED) is 0.782. The maximum atomic E-state index is 13.0. The molecule has 3 rings (SSSR count). The van der Waals surface area contributed by atoms with Crippen LogP contribution in [-0.4, -0.2) is 32.7 Å². The summed E-state index contributed by atoms with van der Waals surface area (Å²) in [7, 11) is -3.53.